The molecule has 0 fully saturated rings. The molecular formula is C16H15ClN2OS. The van der Waals surface area contributed by atoms with E-state index in [0.717, 1.165) is 16.3 Å². The van der Waals surface area contributed by atoms with Crippen LogP contribution in [0.1, 0.15) is 10.4 Å². The summed E-state index contributed by atoms with van der Waals surface area (Å²) in [5, 5.41) is 3.14. The second kappa shape index (κ2) is 7.20. The Morgan fingerprint density at radius 1 is 1.29 bits per heavy atom. The number of hydrogen-bond donors (Lipinski definition) is 2. The maximum atomic E-state index is 12.3. The van der Waals surface area contributed by atoms with Crippen LogP contribution in [0.3, 0.4) is 0 Å². The molecule has 0 aromatic heterocycles. The van der Waals surface area contributed by atoms with Crippen molar-refractivity contribution in [2.24, 2.45) is 0 Å². The van der Waals surface area contributed by atoms with Crippen molar-refractivity contribution < 1.29 is 4.79 Å². The normalized spacial score (nSPS) is 10.1. The van der Waals surface area contributed by atoms with Crippen molar-refractivity contribution in [3.8, 4) is 0 Å². The molecule has 0 unspecified atom stereocenters. The van der Waals surface area contributed by atoms with Crippen molar-refractivity contribution >= 4 is 40.6 Å². The third kappa shape index (κ3) is 3.80. The molecule has 2 aromatic rings. The Hall–Kier alpha value is -1.91. The van der Waals surface area contributed by atoms with Gasteiger partial charge >= 0.3 is 0 Å². The SMILES string of the molecule is C=CCSc1ccccc1NC(=O)c1cccc(N)c1Cl. The van der Waals surface area contributed by atoms with E-state index < -0.39 is 0 Å². The zero-order valence-electron chi connectivity index (χ0n) is 11.3. The van der Waals surface area contributed by atoms with Crippen LogP contribution in [0.15, 0.2) is 60.0 Å². The van der Waals surface area contributed by atoms with E-state index in [1.165, 1.54) is 0 Å². The highest BCUT2D eigenvalue weighted by Gasteiger charge is 2.13. The molecule has 3 nitrogen and oxygen atoms in total. The van der Waals surface area contributed by atoms with Crippen LogP contribution in [0.2, 0.25) is 5.02 Å². The Kier molecular flexibility index (Phi) is 5.31. The van der Waals surface area contributed by atoms with Gasteiger partial charge in [-0.3, -0.25) is 4.79 Å². The molecule has 21 heavy (non-hydrogen) atoms. The first-order valence-electron chi connectivity index (χ1n) is 6.31. The molecule has 108 valence electrons. The topological polar surface area (TPSA) is 55.1 Å². The number of rotatable bonds is 5. The van der Waals surface area contributed by atoms with Crippen molar-refractivity contribution in [3.05, 3.63) is 65.7 Å². The molecule has 0 bridgehead atoms. The van der Waals surface area contributed by atoms with Crippen molar-refractivity contribution in [2.75, 3.05) is 16.8 Å². The highest BCUT2D eigenvalue weighted by Crippen LogP contribution is 2.29. The number of benzene rings is 2. The van der Waals surface area contributed by atoms with Crippen LogP contribution < -0.4 is 11.1 Å². The number of thioether (sulfide) groups is 1. The molecule has 2 rings (SSSR count). The number of halogens is 1. The molecule has 3 N–H and O–H groups in total. The molecule has 0 radical (unpaired) electrons. The highest BCUT2D eigenvalue weighted by atomic mass is 35.5. The Morgan fingerprint density at radius 3 is 2.81 bits per heavy atom. The number of hydrogen-bond acceptors (Lipinski definition) is 3. The monoisotopic (exact) mass is 318 g/mol. The minimum atomic E-state index is -0.279. The second-order valence-electron chi connectivity index (χ2n) is 4.26. The zero-order chi connectivity index (χ0) is 15.2. The lowest BCUT2D eigenvalue weighted by molar-refractivity contribution is 0.102. The Morgan fingerprint density at radius 2 is 2.05 bits per heavy atom. The van der Waals surface area contributed by atoms with E-state index in [2.05, 4.69) is 11.9 Å². The summed E-state index contributed by atoms with van der Waals surface area (Å²) in [7, 11) is 0. The Labute approximate surface area is 133 Å². The molecule has 0 heterocycles. The second-order valence-corrected chi connectivity index (χ2v) is 5.70. The van der Waals surface area contributed by atoms with Crippen LogP contribution in [0.5, 0.6) is 0 Å². The summed E-state index contributed by atoms with van der Waals surface area (Å²) >= 11 is 7.67. The van der Waals surface area contributed by atoms with E-state index >= 15 is 0 Å². The molecule has 0 atom stereocenters. The molecule has 1 amide bonds. The van der Waals surface area contributed by atoms with Gasteiger partial charge in [-0.2, -0.15) is 0 Å². The third-order valence-corrected chi connectivity index (χ3v) is 4.26. The van der Waals surface area contributed by atoms with Gasteiger partial charge in [-0.1, -0.05) is 35.9 Å². The summed E-state index contributed by atoms with van der Waals surface area (Å²) in [6.45, 7) is 3.70. The fraction of sp³-hybridized carbons (Fsp3) is 0.0625. The van der Waals surface area contributed by atoms with Gasteiger partial charge in [-0.25, -0.2) is 0 Å². The van der Waals surface area contributed by atoms with E-state index in [0.29, 0.717) is 11.3 Å². The first-order chi connectivity index (χ1) is 10.1. The largest absolute Gasteiger partial charge is 0.398 e. The van der Waals surface area contributed by atoms with Gasteiger partial charge in [0.1, 0.15) is 0 Å². The third-order valence-electron chi connectivity index (χ3n) is 2.77. The molecule has 2 aromatic carbocycles. The summed E-state index contributed by atoms with van der Waals surface area (Å²) in [4.78, 5) is 13.3. The van der Waals surface area contributed by atoms with Gasteiger partial charge in [0, 0.05) is 10.6 Å². The average Bonchev–Trinajstić information content (AvgIpc) is 2.49. The van der Waals surface area contributed by atoms with Gasteiger partial charge in [0.25, 0.3) is 5.91 Å². The van der Waals surface area contributed by atoms with E-state index in [-0.39, 0.29) is 10.9 Å². The van der Waals surface area contributed by atoms with Crippen LogP contribution in [0, 0.1) is 0 Å². The Balaban J connectivity index is 2.23. The number of nitrogens with two attached hydrogens (primary N) is 1. The van der Waals surface area contributed by atoms with Crippen LogP contribution in [0.25, 0.3) is 0 Å². The number of anilines is 2. The minimum Gasteiger partial charge on any atom is -0.398 e. The maximum absolute atomic E-state index is 12.3. The fourth-order valence-corrected chi connectivity index (χ4v) is 2.72. The van der Waals surface area contributed by atoms with Crippen LogP contribution in [-0.4, -0.2) is 11.7 Å². The molecule has 0 aliphatic heterocycles. The molecule has 0 aliphatic carbocycles. The molecular weight excluding hydrogens is 304 g/mol. The number of carbonyl (C=O) groups is 1. The predicted molar refractivity (Wildman–Crippen MR) is 91.2 cm³/mol. The van der Waals surface area contributed by atoms with Crippen LogP contribution in [-0.2, 0) is 0 Å². The number of carbonyl (C=O) groups excluding carboxylic acids is 1. The number of nitrogen functional groups attached to an aromatic ring is 1. The maximum Gasteiger partial charge on any atom is 0.257 e. The summed E-state index contributed by atoms with van der Waals surface area (Å²) in [5.74, 6) is 0.491. The van der Waals surface area contributed by atoms with Gasteiger partial charge < -0.3 is 11.1 Å². The zero-order valence-corrected chi connectivity index (χ0v) is 12.9. The van der Waals surface area contributed by atoms with E-state index in [4.69, 9.17) is 17.3 Å². The number of nitrogens with one attached hydrogen (secondary N) is 1. The van der Waals surface area contributed by atoms with Crippen molar-refractivity contribution in [3.63, 3.8) is 0 Å². The van der Waals surface area contributed by atoms with Gasteiger partial charge in [0.2, 0.25) is 0 Å². The van der Waals surface area contributed by atoms with Crippen molar-refractivity contribution in [1.82, 2.24) is 0 Å². The summed E-state index contributed by atoms with van der Waals surface area (Å²) < 4.78 is 0. The highest BCUT2D eigenvalue weighted by molar-refractivity contribution is 7.99. The minimum absolute atomic E-state index is 0.270. The lowest BCUT2D eigenvalue weighted by atomic mass is 10.2. The lowest BCUT2D eigenvalue weighted by Gasteiger charge is -2.11. The van der Waals surface area contributed by atoms with Crippen LogP contribution >= 0.6 is 23.4 Å². The van der Waals surface area contributed by atoms with E-state index in [1.54, 1.807) is 30.0 Å². The number of para-hydroxylation sites is 1. The van der Waals surface area contributed by atoms with Gasteiger partial charge in [-0.15, -0.1) is 18.3 Å². The first-order valence-corrected chi connectivity index (χ1v) is 7.68. The summed E-state index contributed by atoms with van der Waals surface area (Å²) in [6, 6.07) is 12.6. The van der Waals surface area contributed by atoms with Crippen molar-refractivity contribution in [1.29, 1.82) is 0 Å². The molecule has 5 heteroatoms. The fourth-order valence-electron chi connectivity index (χ4n) is 1.76. The van der Waals surface area contributed by atoms with Crippen molar-refractivity contribution in [2.45, 2.75) is 4.90 Å². The molecule has 0 saturated heterocycles. The lowest BCUT2D eigenvalue weighted by Crippen LogP contribution is -2.13. The number of amides is 1. The Bertz CT molecular complexity index is 673. The molecule has 0 aliphatic rings. The van der Waals surface area contributed by atoms with Gasteiger partial charge in [0.15, 0.2) is 0 Å². The summed E-state index contributed by atoms with van der Waals surface area (Å²) in [6.07, 6.45) is 1.82. The smallest absolute Gasteiger partial charge is 0.257 e. The van der Waals surface area contributed by atoms with E-state index in [1.807, 2.05) is 30.3 Å². The summed E-state index contributed by atoms with van der Waals surface area (Å²) in [5.41, 5.74) is 7.21. The van der Waals surface area contributed by atoms with Crippen LogP contribution in [0.4, 0.5) is 11.4 Å². The molecule has 0 saturated carbocycles. The van der Waals surface area contributed by atoms with Gasteiger partial charge in [-0.05, 0) is 24.3 Å². The predicted octanol–water partition coefficient (Wildman–Crippen LogP) is 4.45. The quantitative estimate of drug-likeness (QED) is 0.486. The average molecular weight is 319 g/mol. The standard InChI is InChI=1S/C16H15ClN2OS/c1-2-10-21-14-9-4-3-8-13(14)19-16(20)11-6-5-7-12(18)15(11)17/h2-9H,1,10,18H2,(H,19,20). The van der Waals surface area contributed by atoms with E-state index in [9.17, 15) is 4.79 Å². The molecule has 0 spiro atoms. The first kappa shape index (κ1) is 15.5. The van der Waals surface area contributed by atoms with Gasteiger partial charge in [0.05, 0.1) is 22.0 Å².